The van der Waals surface area contributed by atoms with Crippen LogP contribution in [0, 0.1) is 0 Å². The Hall–Kier alpha value is -0.840. The van der Waals surface area contributed by atoms with Crippen molar-refractivity contribution in [2.75, 3.05) is 20.0 Å². The highest BCUT2D eigenvalue weighted by Crippen LogP contribution is 2.12. The number of aldehydes is 1. The number of aryl methyl sites for hydroxylation is 1. The van der Waals surface area contributed by atoms with E-state index in [9.17, 15) is 4.79 Å². The predicted octanol–water partition coefficient (Wildman–Crippen LogP) is 2.74. The van der Waals surface area contributed by atoms with Crippen LogP contribution in [0.25, 0.3) is 0 Å². The van der Waals surface area contributed by atoms with Crippen molar-refractivity contribution in [2.45, 2.75) is 18.9 Å². The molecule has 0 aliphatic carbocycles. The van der Waals surface area contributed by atoms with Gasteiger partial charge in [0.05, 0.1) is 13.2 Å². The number of carbonyl (C=O) groups excluding carboxylic acids is 1. The molecule has 1 aromatic carbocycles. The number of methoxy groups -OCH3 is 1. The largest absolute Gasteiger partial charge is 0.381 e. The fraction of sp³-hybridized carbons (Fsp3) is 0.462. The van der Waals surface area contributed by atoms with Crippen molar-refractivity contribution in [3.63, 3.8) is 0 Å². The van der Waals surface area contributed by atoms with Crippen LogP contribution in [0.5, 0.6) is 0 Å². The Kier molecular flexibility index (Phi) is 6.93. The summed E-state index contributed by atoms with van der Waals surface area (Å²) < 4.78 is 10.3. The van der Waals surface area contributed by atoms with Crippen LogP contribution in [-0.4, -0.2) is 32.4 Å². The average molecular weight is 254 g/mol. The maximum absolute atomic E-state index is 10.5. The Morgan fingerprint density at radius 1 is 1.29 bits per heavy atom. The lowest BCUT2D eigenvalue weighted by Crippen LogP contribution is -2.14. The van der Waals surface area contributed by atoms with E-state index in [0.29, 0.717) is 5.56 Å². The minimum atomic E-state index is 0.200. The molecule has 0 spiro atoms. The second-order valence-electron chi connectivity index (χ2n) is 3.71. The molecule has 1 rings (SSSR count). The summed E-state index contributed by atoms with van der Waals surface area (Å²) in [6.07, 6.45) is 2.96. The van der Waals surface area contributed by atoms with Gasteiger partial charge < -0.3 is 8.92 Å². The third-order valence-corrected chi connectivity index (χ3v) is 3.32. The zero-order chi connectivity index (χ0) is 12.5. The summed E-state index contributed by atoms with van der Waals surface area (Å²) in [4.78, 5) is 10.5. The number of hydrogen-bond acceptors (Lipinski definition) is 4. The zero-order valence-electron chi connectivity index (χ0n) is 10.2. The summed E-state index contributed by atoms with van der Waals surface area (Å²) >= 11 is 1.41. The first-order valence-electron chi connectivity index (χ1n) is 5.52. The van der Waals surface area contributed by atoms with Crippen LogP contribution >= 0.6 is 12.0 Å². The quantitative estimate of drug-likeness (QED) is 0.528. The average Bonchev–Trinajstić information content (AvgIpc) is 2.39. The normalized spacial score (nSPS) is 12.4. The molecule has 0 saturated heterocycles. The lowest BCUT2D eigenvalue weighted by molar-refractivity contribution is 0.112. The maximum atomic E-state index is 10.5. The van der Waals surface area contributed by atoms with Crippen LogP contribution in [0.2, 0.25) is 0 Å². The minimum Gasteiger partial charge on any atom is -0.381 e. The van der Waals surface area contributed by atoms with Gasteiger partial charge in [-0.2, -0.15) is 0 Å². The molecule has 0 fully saturated rings. The number of hydrogen-bond donors (Lipinski definition) is 0. The maximum Gasteiger partial charge on any atom is 0.150 e. The van der Waals surface area contributed by atoms with E-state index in [1.54, 1.807) is 14.2 Å². The van der Waals surface area contributed by atoms with Crippen molar-refractivity contribution in [3.8, 4) is 0 Å². The van der Waals surface area contributed by atoms with Gasteiger partial charge in [0.25, 0.3) is 0 Å². The zero-order valence-corrected chi connectivity index (χ0v) is 11.0. The minimum absolute atomic E-state index is 0.200. The molecule has 3 nitrogen and oxygen atoms in total. The lowest BCUT2D eigenvalue weighted by atomic mass is 10.1. The van der Waals surface area contributed by atoms with Crippen molar-refractivity contribution in [1.82, 2.24) is 0 Å². The molecule has 0 aliphatic heterocycles. The van der Waals surface area contributed by atoms with Crippen molar-refractivity contribution < 1.29 is 13.7 Å². The summed E-state index contributed by atoms with van der Waals surface area (Å²) in [5, 5.41) is 0. The van der Waals surface area contributed by atoms with Crippen LogP contribution in [0.1, 0.15) is 22.3 Å². The van der Waals surface area contributed by atoms with Crippen LogP contribution < -0.4 is 0 Å². The molecule has 1 atom stereocenters. The second-order valence-corrected chi connectivity index (χ2v) is 4.61. The molecule has 0 aliphatic rings. The molecular weight excluding hydrogens is 236 g/mol. The molecule has 4 heteroatoms. The number of rotatable bonds is 8. The summed E-state index contributed by atoms with van der Waals surface area (Å²) in [5.74, 6) is 0.833. The number of benzene rings is 1. The van der Waals surface area contributed by atoms with Gasteiger partial charge in [-0.3, -0.25) is 4.79 Å². The van der Waals surface area contributed by atoms with Crippen LogP contribution in [-0.2, 0) is 15.3 Å². The SMILES string of the molecule is COSCC(CCc1ccc(C=O)cc1)OC. The van der Waals surface area contributed by atoms with Crippen molar-refractivity contribution in [3.05, 3.63) is 35.4 Å². The molecule has 1 unspecified atom stereocenters. The Balaban J connectivity index is 2.39. The van der Waals surface area contributed by atoms with E-state index in [1.807, 2.05) is 24.3 Å². The Labute approximate surface area is 107 Å². The Morgan fingerprint density at radius 3 is 2.53 bits per heavy atom. The highest BCUT2D eigenvalue weighted by Gasteiger charge is 2.07. The fourth-order valence-corrected chi connectivity index (χ4v) is 2.09. The van der Waals surface area contributed by atoms with Gasteiger partial charge in [-0.1, -0.05) is 24.3 Å². The van der Waals surface area contributed by atoms with E-state index < -0.39 is 0 Å². The first kappa shape index (κ1) is 14.2. The highest BCUT2D eigenvalue weighted by atomic mass is 32.2. The Morgan fingerprint density at radius 2 is 2.00 bits per heavy atom. The summed E-state index contributed by atoms with van der Waals surface area (Å²) in [6.45, 7) is 0. The first-order chi connectivity index (χ1) is 8.30. The molecule has 17 heavy (non-hydrogen) atoms. The third-order valence-electron chi connectivity index (χ3n) is 2.58. The van der Waals surface area contributed by atoms with Crippen LogP contribution in [0.3, 0.4) is 0 Å². The fourth-order valence-electron chi connectivity index (χ4n) is 1.50. The molecule has 94 valence electrons. The topological polar surface area (TPSA) is 35.5 Å². The molecule has 0 saturated carbocycles. The van der Waals surface area contributed by atoms with E-state index >= 15 is 0 Å². The summed E-state index contributed by atoms with van der Waals surface area (Å²) in [5.41, 5.74) is 1.94. The van der Waals surface area contributed by atoms with Crippen LogP contribution in [0.15, 0.2) is 24.3 Å². The highest BCUT2D eigenvalue weighted by molar-refractivity contribution is 7.94. The number of carbonyl (C=O) groups is 1. The standard InChI is InChI=1S/C13H18O3S/c1-15-13(10-17-16-2)8-7-11-3-5-12(9-14)6-4-11/h3-6,9,13H,7-8,10H2,1-2H3. The van der Waals surface area contributed by atoms with Gasteiger partial charge in [0.15, 0.2) is 0 Å². The molecule has 0 N–H and O–H groups in total. The molecule has 0 bridgehead atoms. The second kappa shape index (κ2) is 8.28. The number of ether oxygens (including phenoxy) is 1. The van der Waals surface area contributed by atoms with Gasteiger partial charge >= 0.3 is 0 Å². The molecular formula is C13H18O3S. The van der Waals surface area contributed by atoms with E-state index in [1.165, 1.54) is 17.6 Å². The van der Waals surface area contributed by atoms with Gasteiger partial charge in [-0.25, -0.2) is 0 Å². The molecule has 0 aromatic heterocycles. The van der Waals surface area contributed by atoms with E-state index in [-0.39, 0.29) is 6.10 Å². The summed E-state index contributed by atoms with van der Waals surface area (Å²) in [7, 11) is 3.38. The van der Waals surface area contributed by atoms with Crippen molar-refractivity contribution in [2.24, 2.45) is 0 Å². The molecule has 0 amide bonds. The van der Waals surface area contributed by atoms with E-state index in [4.69, 9.17) is 8.92 Å². The van der Waals surface area contributed by atoms with Gasteiger partial charge in [0.1, 0.15) is 6.29 Å². The molecule has 0 heterocycles. The summed E-state index contributed by atoms with van der Waals surface area (Å²) in [6, 6.07) is 7.65. The van der Waals surface area contributed by atoms with E-state index in [2.05, 4.69) is 0 Å². The first-order valence-corrected chi connectivity index (χ1v) is 6.43. The van der Waals surface area contributed by atoms with Crippen LogP contribution in [0.4, 0.5) is 0 Å². The predicted molar refractivity (Wildman–Crippen MR) is 70.4 cm³/mol. The molecule has 0 radical (unpaired) electrons. The lowest BCUT2D eigenvalue weighted by Gasteiger charge is -2.13. The van der Waals surface area contributed by atoms with Gasteiger partial charge in [0.2, 0.25) is 0 Å². The Bertz CT molecular complexity index is 324. The smallest absolute Gasteiger partial charge is 0.150 e. The van der Waals surface area contributed by atoms with Crippen molar-refractivity contribution in [1.29, 1.82) is 0 Å². The monoisotopic (exact) mass is 254 g/mol. The van der Waals surface area contributed by atoms with Crippen molar-refractivity contribution >= 4 is 18.3 Å². The third kappa shape index (κ3) is 5.35. The van der Waals surface area contributed by atoms with E-state index in [0.717, 1.165) is 24.9 Å². The molecule has 1 aromatic rings. The van der Waals surface area contributed by atoms with Gasteiger partial charge in [-0.15, -0.1) is 0 Å². The van der Waals surface area contributed by atoms with Gasteiger partial charge in [0, 0.05) is 18.4 Å². The van der Waals surface area contributed by atoms with Gasteiger partial charge in [-0.05, 0) is 30.4 Å².